The van der Waals surface area contributed by atoms with Crippen molar-refractivity contribution in [3.05, 3.63) is 138 Å². The van der Waals surface area contributed by atoms with Crippen LogP contribution in [0.2, 0.25) is 5.02 Å². The maximum absolute atomic E-state index is 12.6. The second-order valence-electron chi connectivity index (χ2n) is 10.6. The highest BCUT2D eigenvalue weighted by molar-refractivity contribution is 6.32. The predicted octanol–water partition coefficient (Wildman–Crippen LogP) is 6.60. The number of hydrogen-bond donors (Lipinski definition) is 3. The van der Waals surface area contributed by atoms with Crippen LogP contribution in [0, 0.1) is 0 Å². The normalized spacial score (nSPS) is 14.2. The fraction of sp³-hybridized carbons (Fsp3) is 0.278. The van der Waals surface area contributed by atoms with Crippen LogP contribution in [0.1, 0.15) is 29.5 Å². The van der Waals surface area contributed by atoms with Gasteiger partial charge in [0.25, 0.3) is 0 Å². The third kappa shape index (κ3) is 11.4. The lowest BCUT2D eigenvalue weighted by molar-refractivity contribution is -0.120. The molecule has 1 aliphatic heterocycles. The minimum Gasteiger partial charge on any atom is -0.506 e. The summed E-state index contributed by atoms with van der Waals surface area (Å²) in [6, 6.07) is 13.3. The number of ether oxygens (including phenoxy) is 1. The molecule has 0 bridgehead atoms. The summed E-state index contributed by atoms with van der Waals surface area (Å²) in [5.74, 6) is -0.0803. The number of phenols is 1. The maximum Gasteiger partial charge on any atom is 0.411 e. The van der Waals surface area contributed by atoms with Crippen molar-refractivity contribution >= 4 is 23.6 Å². The van der Waals surface area contributed by atoms with E-state index in [-0.39, 0.29) is 29.2 Å². The molecular weight excluding hydrogens is 574 g/mol. The molecule has 3 N–H and O–H groups in total. The van der Waals surface area contributed by atoms with E-state index in [2.05, 4.69) is 66.1 Å². The molecule has 0 atom stereocenters. The molecule has 3 rings (SSSR count). The summed E-state index contributed by atoms with van der Waals surface area (Å²) in [7, 11) is 0. The van der Waals surface area contributed by atoms with Gasteiger partial charge in [-0.1, -0.05) is 92.6 Å². The van der Waals surface area contributed by atoms with Gasteiger partial charge in [0, 0.05) is 26.2 Å². The van der Waals surface area contributed by atoms with Crippen molar-refractivity contribution in [3.63, 3.8) is 0 Å². The van der Waals surface area contributed by atoms with Crippen LogP contribution in [0.5, 0.6) is 5.75 Å². The van der Waals surface area contributed by atoms with Gasteiger partial charge >= 0.3 is 6.09 Å². The molecule has 8 heteroatoms. The zero-order valence-corrected chi connectivity index (χ0v) is 26.0. The van der Waals surface area contributed by atoms with Gasteiger partial charge in [-0.3, -0.25) is 10.1 Å². The Labute approximate surface area is 265 Å². The highest BCUT2D eigenvalue weighted by Crippen LogP contribution is 2.24. The lowest BCUT2D eigenvalue weighted by Gasteiger charge is -2.31. The molecule has 2 aromatic rings. The molecule has 1 fully saturated rings. The Bertz CT molecular complexity index is 1400. The van der Waals surface area contributed by atoms with Gasteiger partial charge in [-0.15, -0.1) is 0 Å². The topological polar surface area (TPSA) is 90.9 Å². The Hall–Kier alpha value is -4.33. The average molecular weight is 616 g/mol. The largest absolute Gasteiger partial charge is 0.506 e. The zero-order valence-electron chi connectivity index (χ0n) is 25.2. The number of allylic oxidation sites excluding steroid dienone is 6. The van der Waals surface area contributed by atoms with Crippen molar-refractivity contribution in [1.29, 1.82) is 0 Å². The summed E-state index contributed by atoms with van der Waals surface area (Å²) in [5.41, 5.74) is 4.89. The molecule has 44 heavy (non-hydrogen) atoms. The molecule has 2 amide bonds. The smallest absolute Gasteiger partial charge is 0.411 e. The second kappa shape index (κ2) is 17.7. The third-order valence-electron chi connectivity index (χ3n) is 7.33. The summed E-state index contributed by atoms with van der Waals surface area (Å²) in [6.07, 6.45) is 11.2. The summed E-state index contributed by atoms with van der Waals surface area (Å²) >= 11 is 5.92. The van der Waals surface area contributed by atoms with E-state index in [0.29, 0.717) is 23.4 Å². The Balaban J connectivity index is 1.34. The number of amides is 2. The standard InChI is InChI=1S/C36H42ClN3O4/c1-5-7-9-26(3)27(4)33(8-6-2)39-36(43)44-31-18-22-40(23-19-31)21-17-29-12-10-28(11-13-29)16-20-38-35(42)25-30-14-15-34(41)32(37)24-30/h5-15,24,31,41H,1-4,16-23,25H2,(H,38,42)(H,39,43)/b9-7-,33-8+. The number of carbonyl (C=O) groups excluding carboxylic acids is 2. The van der Waals surface area contributed by atoms with E-state index in [9.17, 15) is 14.7 Å². The summed E-state index contributed by atoms with van der Waals surface area (Å²) < 4.78 is 5.69. The van der Waals surface area contributed by atoms with Crippen molar-refractivity contribution in [3.8, 4) is 5.75 Å². The lowest BCUT2D eigenvalue weighted by Crippen LogP contribution is -2.40. The molecule has 0 saturated carbocycles. The number of nitrogens with one attached hydrogen (secondary N) is 2. The van der Waals surface area contributed by atoms with Crippen LogP contribution < -0.4 is 10.6 Å². The molecule has 7 nitrogen and oxygen atoms in total. The van der Waals surface area contributed by atoms with Crippen molar-refractivity contribution in [1.82, 2.24) is 15.5 Å². The van der Waals surface area contributed by atoms with E-state index >= 15 is 0 Å². The Kier molecular flexibility index (Phi) is 13.7. The van der Waals surface area contributed by atoms with Gasteiger partial charge in [0.05, 0.1) is 17.1 Å². The third-order valence-corrected chi connectivity index (χ3v) is 7.63. The van der Waals surface area contributed by atoms with Crippen molar-refractivity contribution in [2.45, 2.75) is 38.2 Å². The molecule has 232 valence electrons. The number of alkyl carbamates (subject to hydrolysis) is 1. The van der Waals surface area contributed by atoms with Crippen molar-refractivity contribution in [2.24, 2.45) is 0 Å². The molecule has 0 aliphatic carbocycles. The quantitative estimate of drug-likeness (QED) is 0.196. The van der Waals surface area contributed by atoms with Gasteiger partial charge in [0.15, 0.2) is 0 Å². The van der Waals surface area contributed by atoms with Gasteiger partial charge in [0.1, 0.15) is 11.9 Å². The van der Waals surface area contributed by atoms with Crippen molar-refractivity contribution in [2.75, 3.05) is 26.2 Å². The van der Waals surface area contributed by atoms with Crippen LogP contribution in [-0.2, 0) is 28.8 Å². The minimum absolute atomic E-state index is 0.00558. The zero-order chi connectivity index (χ0) is 31.9. The molecule has 0 unspecified atom stereocenters. The summed E-state index contributed by atoms with van der Waals surface area (Å²) in [6.45, 7) is 18.5. The number of benzene rings is 2. The molecular formula is C36H42ClN3O4. The van der Waals surface area contributed by atoms with E-state index in [4.69, 9.17) is 16.3 Å². The van der Waals surface area contributed by atoms with Crippen LogP contribution in [-0.4, -0.2) is 54.3 Å². The fourth-order valence-corrected chi connectivity index (χ4v) is 4.95. The highest BCUT2D eigenvalue weighted by Gasteiger charge is 2.23. The SMILES string of the molecule is C=C/C=C\C(=C)C(=C)/C(=C\C=C)NC(=O)OC1CCN(CCc2ccc(CCNC(=O)Cc3ccc(O)c(Cl)c3)cc2)CC1. The van der Waals surface area contributed by atoms with Crippen LogP contribution in [0.15, 0.2) is 116 Å². The number of aromatic hydroxyl groups is 1. The molecule has 0 aromatic heterocycles. The monoisotopic (exact) mass is 615 g/mol. The van der Waals surface area contributed by atoms with Gasteiger partial charge in [-0.25, -0.2) is 4.79 Å². The van der Waals surface area contributed by atoms with E-state index < -0.39 is 6.09 Å². The van der Waals surface area contributed by atoms with Gasteiger partial charge in [0.2, 0.25) is 5.91 Å². The minimum atomic E-state index is -0.514. The molecule has 1 saturated heterocycles. The van der Waals surface area contributed by atoms with E-state index in [1.807, 2.05) is 0 Å². The van der Waals surface area contributed by atoms with Crippen LogP contribution in [0.25, 0.3) is 0 Å². The van der Waals surface area contributed by atoms with Gasteiger partial charge < -0.3 is 20.1 Å². The first-order valence-corrected chi connectivity index (χ1v) is 15.1. The summed E-state index contributed by atoms with van der Waals surface area (Å²) in [5, 5.41) is 15.5. The second-order valence-corrected chi connectivity index (χ2v) is 11.0. The fourth-order valence-electron chi connectivity index (χ4n) is 4.75. The Morgan fingerprint density at radius 2 is 1.66 bits per heavy atom. The molecule has 0 spiro atoms. The average Bonchev–Trinajstić information content (AvgIpc) is 3.01. The van der Waals surface area contributed by atoms with Gasteiger partial charge in [-0.05, 0) is 71.7 Å². The molecule has 1 aliphatic rings. The number of likely N-dealkylation sites (tertiary alicyclic amines) is 1. The van der Waals surface area contributed by atoms with Gasteiger partial charge in [-0.2, -0.15) is 0 Å². The predicted molar refractivity (Wildman–Crippen MR) is 179 cm³/mol. The first-order chi connectivity index (χ1) is 21.2. The number of halogens is 1. The molecule has 1 heterocycles. The summed E-state index contributed by atoms with van der Waals surface area (Å²) in [4.78, 5) is 27.2. The lowest BCUT2D eigenvalue weighted by atomic mass is 10.0. The van der Waals surface area contributed by atoms with Crippen LogP contribution in [0.3, 0.4) is 0 Å². The number of nitrogens with zero attached hydrogens (tertiary/aromatic N) is 1. The van der Waals surface area contributed by atoms with Crippen molar-refractivity contribution < 1.29 is 19.4 Å². The van der Waals surface area contributed by atoms with Crippen LogP contribution >= 0.6 is 11.6 Å². The number of rotatable bonds is 15. The Morgan fingerprint density at radius 3 is 2.30 bits per heavy atom. The number of piperidine rings is 1. The van der Waals surface area contributed by atoms with E-state index in [1.54, 1.807) is 42.5 Å². The maximum atomic E-state index is 12.6. The number of phenolic OH excluding ortho intramolecular Hbond substituents is 1. The highest BCUT2D eigenvalue weighted by atomic mass is 35.5. The first kappa shape index (κ1) is 34.2. The number of hydrogen-bond acceptors (Lipinski definition) is 5. The van der Waals surface area contributed by atoms with E-state index in [1.165, 1.54) is 11.6 Å². The van der Waals surface area contributed by atoms with Crippen LogP contribution in [0.4, 0.5) is 4.79 Å². The molecule has 2 aromatic carbocycles. The number of carbonyl (C=O) groups is 2. The molecule has 0 radical (unpaired) electrons. The van der Waals surface area contributed by atoms with E-state index in [0.717, 1.165) is 56.4 Å². The Morgan fingerprint density at radius 1 is 1.00 bits per heavy atom. The first-order valence-electron chi connectivity index (χ1n) is 14.7.